The van der Waals surface area contributed by atoms with Crippen LogP contribution in [-0.2, 0) is 22.6 Å². The molecule has 0 saturated carbocycles. The number of anilines is 1. The molecule has 1 unspecified atom stereocenters. The highest BCUT2D eigenvalue weighted by Crippen LogP contribution is 2.16. The van der Waals surface area contributed by atoms with Crippen molar-refractivity contribution >= 4 is 17.5 Å². The fourth-order valence-corrected chi connectivity index (χ4v) is 2.77. The first-order valence-corrected chi connectivity index (χ1v) is 8.06. The summed E-state index contributed by atoms with van der Waals surface area (Å²) in [5, 5.41) is 8.68. The number of rotatable bonds is 4. The lowest BCUT2D eigenvalue weighted by Crippen LogP contribution is -2.49. The maximum Gasteiger partial charge on any atom is 0.243 e. The van der Waals surface area contributed by atoms with Crippen LogP contribution in [0.5, 0.6) is 0 Å². The van der Waals surface area contributed by atoms with Crippen LogP contribution in [0.1, 0.15) is 16.7 Å². The molecule has 24 heavy (non-hydrogen) atoms. The van der Waals surface area contributed by atoms with Crippen LogP contribution >= 0.6 is 0 Å². The van der Waals surface area contributed by atoms with Gasteiger partial charge in [0, 0.05) is 12.2 Å². The Balaban J connectivity index is 1.49. The van der Waals surface area contributed by atoms with E-state index in [1.807, 2.05) is 49.4 Å². The molecule has 0 aromatic heterocycles. The Morgan fingerprint density at radius 3 is 2.54 bits per heavy atom. The van der Waals surface area contributed by atoms with Gasteiger partial charge in [-0.2, -0.15) is 0 Å². The van der Waals surface area contributed by atoms with Gasteiger partial charge in [-0.1, -0.05) is 42.0 Å². The molecule has 1 atom stereocenters. The number of nitrogens with one attached hydrogen (secondary N) is 3. The fourth-order valence-electron chi connectivity index (χ4n) is 2.77. The normalized spacial score (nSPS) is 16.1. The van der Waals surface area contributed by atoms with Gasteiger partial charge >= 0.3 is 0 Å². The van der Waals surface area contributed by atoms with Crippen molar-refractivity contribution in [1.29, 1.82) is 0 Å². The summed E-state index contributed by atoms with van der Waals surface area (Å²) in [7, 11) is 0. The molecule has 1 aliphatic heterocycles. The highest BCUT2D eigenvalue weighted by atomic mass is 16.2. The second-order valence-electron chi connectivity index (χ2n) is 6.04. The molecule has 2 amide bonds. The molecule has 124 valence electrons. The third kappa shape index (κ3) is 4.00. The smallest absolute Gasteiger partial charge is 0.243 e. The van der Waals surface area contributed by atoms with Crippen LogP contribution in [0.2, 0.25) is 0 Å². The van der Waals surface area contributed by atoms with E-state index in [-0.39, 0.29) is 24.4 Å². The lowest BCUT2D eigenvalue weighted by molar-refractivity contribution is -0.125. The van der Waals surface area contributed by atoms with Crippen molar-refractivity contribution in [2.75, 3.05) is 11.9 Å². The molecule has 0 saturated heterocycles. The van der Waals surface area contributed by atoms with E-state index in [1.54, 1.807) is 0 Å². The van der Waals surface area contributed by atoms with Gasteiger partial charge in [-0.05, 0) is 36.6 Å². The standard InChI is InChI=1S/C19H21N3O2/c1-13-6-8-16(9-7-13)22-18(23)12-21-19(24)17-10-14-4-2-3-5-15(14)11-20-17/h2-9,17,20H,10-12H2,1H3,(H,21,24)(H,22,23). The van der Waals surface area contributed by atoms with Crippen LogP contribution in [0.3, 0.4) is 0 Å². The maximum atomic E-state index is 12.3. The van der Waals surface area contributed by atoms with Crippen LogP contribution < -0.4 is 16.0 Å². The Labute approximate surface area is 141 Å². The highest BCUT2D eigenvalue weighted by molar-refractivity contribution is 5.95. The zero-order valence-electron chi connectivity index (χ0n) is 13.6. The average Bonchev–Trinajstić information content (AvgIpc) is 2.61. The molecule has 2 aromatic carbocycles. The molecule has 0 spiro atoms. The van der Waals surface area contributed by atoms with Crippen LogP contribution in [0.15, 0.2) is 48.5 Å². The summed E-state index contributed by atoms with van der Waals surface area (Å²) in [5.41, 5.74) is 4.26. The van der Waals surface area contributed by atoms with Crippen molar-refractivity contribution < 1.29 is 9.59 Å². The Morgan fingerprint density at radius 2 is 1.79 bits per heavy atom. The quantitative estimate of drug-likeness (QED) is 0.803. The Bertz CT molecular complexity index is 741. The van der Waals surface area contributed by atoms with E-state index in [9.17, 15) is 9.59 Å². The molecular formula is C19H21N3O2. The zero-order valence-corrected chi connectivity index (χ0v) is 13.6. The van der Waals surface area contributed by atoms with Crippen LogP contribution in [0.4, 0.5) is 5.69 Å². The first kappa shape index (κ1) is 16.2. The molecule has 0 aliphatic carbocycles. The van der Waals surface area contributed by atoms with Crippen molar-refractivity contribution in [1.82, 2.24) is 10.6 Å². The van der Waals surface area contributed by atoms with Gasteiger partial charge in [0.25, 0.3) is 0 Å². The van der Waals surface area contributed by atoms with Crippen molar-refractivity contribution in [3.05, 3.63) is 65.2 Å². The van der Waals surface area contributed by atoms with Crippen molar-refractivity contribution in [3.63, 3.8) is 0 Å². The Kier molecular flexibility index (Phi) is 4.91. The highest BCUT2D eigenvalue weighted by Gasteiger charge is 2.23. The molecule has 1 heterocycles. The molecule has 5 heteroatoms. The number of hydrogen-bond acceptors (Lipinski definition) is 3. The predicted octanol–water partition coefficient (Wildman–Crippen LogP) is 1.76. The van der Waals surface area contributed by atoms with E-state index in [0.29, 0.717) is 13.0 Å². The summed E-state index contributed by atoms with van der Waals surface area (Å²) < 4.78 is 0. The monoisotopic (exact) mass is 323 g/mol. The van der Waals surface area contributed by atoms with Gasteiger partial charge in [-0.3, -0.25) is 9.59 Å². The third-order valence-corrected chi connectivity index (χ3v) is 4.16. The minimum atomic E-state index is -0.299. The number of benzene rings is 2. The van der Waals surface area contributed by atoms with E-state index in [2.05, 4.69) is 22.0 Å². The van der Waals surface area contributed by atoms with Gasteiger partial charge in [0.15, 0.2) is 0 Å². The Hall–Kier alpha value is -2.66. The molecule has 0 bridgehead atoms. The molecule has 0 radical (unpaired) electrons. The number of fused-ring (bicyclic) bond motifs is 1. The molecule has 1 aliphatic rings. The van der Waals surface area contributed by atoms with Crippen LogP contribution in [-0.4, -0.2) is 24.4 Å². The molecule has 3 rings (SSSR count). The largest absolute Gasteiger partial charge is 0.346 e. The van der Waals surface area contributed by atoms with E-state index < -0.39 is 0 Å². The van der Waals surface area contributed by atoms with Crippen molar-refractivity contribution in [2.24, 2.45) is 0 Å². The first-order valence-electron chi connectivity index (χ1n) is 8.06. The van der Waals surface area contributed by atoms with Crippen LogP contribution in [0, 0.1) is 6.92 Å². The number of hydrogen-bond donors (Lipinski definition) is 3. The Morgan fingerprint density at radius 1 is 1.08 bits per heavy atom. The summed E-state index contributed by atoms with van der Waals surface area (Å²) >= 11 is 0. The fraction of sp³-hybridized carbons (Fsp3) is 0.263. The minimum absolute atomic E-state index is 0.0352. The van der Waals surface area contributed by atoms with Crippen molar-refractivity contribution in [2.45, 2.75) is 25.9 Å². The topological polar surface area (TPSA) is 70.2 Å². The number of carbonyl (C=O) groups is 2. The SMILES string of the molecule is Cc1ccc(NC(=O)CNC(=O)C2Cc3ccccc3CN2)cc1. The number of amides is 2. The summed E-state index contributed by atoms with van der Waals surface area (Å²) in [6, 6.07) is 15.3. The van der Waals surface area contributed by atoms with Crippen molar-refractivity contribution in [3.8, 4) is 0 Å². The second kappa shape index (κ2) is 7.27. The summed E-state index contributed by atoms with van der Waals surface area (Å²) in [6.45, 7) is 2.62. The van der Waals surface area contributed by atoms with Gasteiger partial charge < -0.3 is 16.0 Å². The maximum absolute atomic E-state index is 12.3. The van der Waals surface area contributed by atoms with E-state index in [0.717, 1.165) is 11.3 Å². The van der Waals surface area contributed by atoms with Crippen LogP contribution in [0.25, 0.3) is 0 Å². The second-order valence-corrected chi connectivity index (χ2v) is 6.04. The summed E-state index contributed by atoms with van der Waals surface area (Å²) in [4.78, 5) is 24.2. The van der Waals surface area contributed by atoms with Gasteiger partial charge in [0.2, 0.25) is 11.8 Å². The van der Waals surface area contributed by atoms with Gasteiger partial charge in [0.1, 0.15) is 0 Å². The third-order valence-electron chi connectivity index (χ3n) is 4.16. The molecule has 3 N–H and O–H groups in total. The number of carbonyl (C=O) groups excluding carboxylic acids is 2. The van der Waals surface area contributed by atoms with Gasteiger partial charge in [-0.15, -0.1) is 0 Å². The summed E-state index contributed by atoms with van der Waals surface area (Å²) in [5.74, 6) is -0.382. The number of aryl methyl sites for hydroxylation is 1. The minimum Gasteiger partial charge on any atom is -0.346 e. The average molecular weight is 323 g/mol. The zero-order chi connectivity index (χ0) is 16.9. The van der Waals surface area contributed by atoms with E-state index in [4.69, 9.17) is 0 Å². The molecule has 2 aromatic rings. The first-order chi connectivity index (χ1) is 11.6. The lowest BCUT2D eigenvalue weighted by Gasteiger charge is -2.25. The van der Waals surface area contributed by atoms with Gasteiger partial charge in [-0.25, -0.2) is 0 Å². The molecule has 0 fully saturated rings. The van der Waals surface area contributed by atoms with E-state index in [1.165, 1.54) is 11.1 Å². The predicted molar refractivity (Wildman–Crippen MR) is 93.6 cm³/mol. The molecular weight excluding hydrogens is 302 g/mol. The lowest BCUT2D eigenvalue weighted by atomic mass is 9.95. The summed E-state index contributed by atoms with van der Waals surface area (Å²) in [6.07, 6.45) is 0.640. The van der Waals surface area contributed by atoms with Gasteiger partial charge in [0.05, 0.1) is 12.6 Å². The molecule has 5 nitrogen and oxygen atoms in total. The van der Waals surface area contributed by atoms with E-state index >= 15 is 0 Å².